The maximum atomic E-state index is 13.6. The number of nitrogens with zero attached hydrogens (tertiary/aromatic N) is 4. The molecule has 1 aliphatic carbocycles. The van der Waals surface area contributed by atoms with Crippen LogP contribution in [-0.2, 0) is 10.4 Å². The Hall–Kier alpha value is -3.85. The Balaban J connectivity index is 1.48. The van der Waals surface area contributed by atoms with Crippen LogP contribution in [0.1, 0.15) is 44.3 Å². The summed E-state index contributed by atoms with van der Waals surface area (Å²) in [5, 5.41) is 23.8. The van der Waals surface area contributed by atoms with Gasteiger partial charge in [0.1, 0.15) is 11.6 Å². The smallest absolute Gasteiger partial charge is 0.264 e. The van der Waals surface area contributed by atoms with Gasteiger partial charge in [0.15, 0.2) is 0 Å². The van der Waals surface area contributed by atoms with Crippen LogP contribution in [0.25, 0.3) is 22.0 Å². The molecule has 3 heterocycles. The summed E-state index contributed by atoms with van der Waals surface area (Å²) in [5.74, 6) is 0.226. The molecular weight excluding hydrogens is 444 g/mol. The number of imidazole rings is 1. The van der Waals surface area contributed by atoms with Gasteiger partial charge in [-0.2, -0.15) is 10.2 Å². The molecule has 1 aliphatic rings. The highest BCUT2D eigenvalue weighted by molar-refractivity contribution is 5.99. The molecule has 9 heteroatoms. The largest absolute Gasteiger partial charge is 0.497 e. The molecule has 3 aromatic heterocycles. The minimum Gasteiger partial charge on any atom is -0.497 e. The fourth-order valence-corrected chi connectivity index (χ4v) is 4.93. The highest BCUT2D eigenvalue weighted by Gasteiger charge is 2.47. The van der Waals surface area contributed by atoms with E-state index in [2.05, 4.69) is 30.5 Å². The van der Waals surface area contributed by atoms with Gasteiger partial charge in [-0.15, -0.1) is 0 Å². The zero-order chi connectivity index (χ0) is 24.3. The lowest BCUT2D eigenvalue weighted by Gasteiger charge is -2.33. The Morgan fingerprint density at radius 2 is 1.97 bits per heavy atom. The lowest BCUT2D eigenvalue weighted by Crippen LogP contribution is -2.47. The van der Waals surface area contributed by atoms with Gasteiger partial charge in [-0.1, -0.05) is 25.7 Å². The standard InChI is InChI=1S/C26H28N6O3/c1-35-20-8-9-23-21(13-20)22(16-30-32-23)17-12-19(15-27-14-17)31-25(33)26(34,24-28-10-11-29-24)18-6-4-2-3-5-7-18/h8-16,18,34H,2-7H2,1H3,(H,28,29)(H,31,33)/t26-/m1/s1. The van der Waals surface area contributed by atoms with Crippen molar-refractivity contribution in [1.82, 2.24) is 25.1 Å². The number of amides is 1. The molecular formula is C26H28N6O3. The van der Waals surface area contributed by atoms with Gasteiger partial charge >= 0.3 is 0 Å². The van der Waals surface area contributed by atoms with Crippen molar-refractivity contribution >= 4 is 22.5 Å². The minimum absolute atomic E-state index is 0.229. The Bertz CT molecular complexity index is 1320. The van der Waals surface area contributed by atoms with Gasteiger partial charge in [0.25, 0.3) is 5.91 Å². The molecule has 180 valence electrons. The number of carbonyl (C=O) groups excluding carboxylic acids is 1. The molecule has 1 aromatic carbocycles. The number of carbonyl (C=O) groups is 1. The molecule has 1 amide bonds. The minimum atomic E-state index is -1.76. The van der Waals surface area contributed by atoms with E-state index in [4.69, 9.17) is 4.74 Å². The highest BCUT2D eigenvalue weighted by atomic mass is 16.5. The van der Waals surface area contributed by atoms with Gasteiger partial charge in [0.05, 0.1) is 30.7 Å². The van der Waals surface area contributed by atoms with Crippen molar-refractivity contribution in [3.05, 3.63) is 61.1 Å². The van der Waals surface area contributed by atoms with Gasteiger partial charge < -0.3 is 20.1 Å². The number of ether oxygens (including phenoxy) is 1. The van der Waals surface area contributed by atoms with Crippen LogP contribution in [-0.4, -0.2) is 43.3 Å². The first-order chi connectivity index (χ1) is 17.1. The molecule has 1 saturated carbocycles. The van der Waals surface area contributed by atoms with E-state index < -0.39 is 11.5 Å². The highest BCUT2D eigenvalue weighted by Crippen LogP contribution is 2.38. The summed E-state index contributed by atoms with van der Waals surface area (Å²) in [4.78, 5) is 25.2. The summed E-state index contributed by atoms with van der Waals surface area (Å²) in [6.45, 7) is 0. The number of pyridine rings is 1. The summed E-state index contributed by atoms with van der Waals surface area (Å²) >= 11 is 0. The van der Waals surface area contributed by atoms with E-state index in [0.29, 0.717) is 11.4 Å². The van der Waals surface area contributed by atoms with Crippen LogP contribution in [0.3, 0.4) is 0 Å². The molecule has 0 unspecified atom stereocenters. The topological polar surface area (TPSA) is 126 Å². The summed E-state index contributed by atoms with van der Waals surface area (Å²) in [6, 6.07) is 7.39. The third-order valence-corrected chi connectivity index (χ3v) is 6.80. The molecule has 9 nitrogen and oxygen atoms in total. The fraction of sp³-hybridized carbons (Fsp3) is 0.346. The maximum Gasteiger partial charge on any atom is 0.264 e. The SMILES string of the molecule is COc1ccc2nncc(-c3cncc(NC(=O)[C@](O)(c4ncc[nH]4)C4CCCCCC4)c3)c2c1. The predicted molar refractivity (Wildman–Crippen MR) is 132 cm³/mol. The van der Waals surface area contributed by atoms with E-state index >= 15 is 0 Å². The lowest BCUT2D eigenvalue weighted by atomic mass is 9.80. The van der Waals surface area contributed by atoms with Gasteiger partial charge in [0, 0.05) is 41.0 Å². The Labute approximate surface area is 203 Å². The van der Waals surface area contributed by atoms with Crippen molar-refractivity contribution in [2.24, 2.45) is 5.92 Å². The first-order valence-electron chi connectivity index (χ1n) is 11.9. The van der Waals surface area contributed by atoms with Crippen LogP contribution in [0.5, 0.6) is 5.75 Å². The monoisotopic (exact) mass is 472 g/mol. The van der Waals surface area contributed by atoms with E-state index in [0.717, 1.165) is 60.6 Å². The second kappa shape index (κ2) is 9.79. The third-order valence-electron chi connectivity index (χ3n) is 6.80. The second-order valence-corrected chi connectivity index (χ2v) is 8.95. The first-order valence-corrected chi connectivity index (χ1v) is 11.9. The second-order valence-electron chi connectivity index (χ2n) is 8.95. The summed E-state index contributed by atoms with van der Waals surface area (Å²) in [7, 11) is 1.61. The van der Waals surface area contributed by atoms with Crippen molar-refractivity contribution < 1.29 is 14.6 Å². The van der Waals surface area contributed by atoms with E-state index in [1.54, 1.807) is 38.1 Å². The molecule has 4 aromatic rings. The van der Waals surface area contributed by atoms with E-state index in [-0.39, 0.29) is 11.7 Å². The number of aliphatic hydroxyl groups is 1. The molecule has 1 atom stereocenters. The number of hydrogen-bond acceptors (Lipinski definition) is 7. The summed E-state index contributed by atoms with van der Waals surface area (Å²) in [5.41, 5.74) is 0.995. The summed E-state index contributed by atoms with van der Waals surface area (Å²) < 4.78 is 5.37. The normalized spacial score (nSPS) is 16.4. The van der Waals surface area contributed by atoms with Crippen LogP contribution in [0, 0.1) is 5.92 Å². The number of hydrogen-bond donors (Lipinski definition) is 3. The number of aromatic nitrogens is 5. The van der Waals surface area contributed by atoms with E-state index in [1.165, 1.54) is 0 Å². The number of aromatic amines is 1. The number of methoxy groups -OCH3 is 1. The number of nitrogens with one attached hydrogen (secondary N) is 2. The third kappa shape index (κ3) is 4.46. The van der Waals surface area contributed by atoms with E-state index in [1.807, 2.05) is 24.3 Å². The van der Waals surface area contributed by atoms with Gasteiger partial charge in [-0.05, 0) is 37.1 Å². The van der Waals surface area contributed by atoms with Crippen molar-refractivity contribution in [3.63, 3.8) is 0 Å². The number of fused-ring (bicyclic) bond motifs is 1. The Morgan fingerprint density at radius 3 is 2.71 bits per heavy atom. The average Bonchev–Trinajstić information content (AvgIpc) is 3.30. The summed E-state index contributed by atoms with van der Waals surface area (Å²) in [6.07, 6.45) is 13.8. The lowest BCUT2D eigenvalue weighted by molar-refractivity contribution is -0.143. The fourth-order valence-electron chi connectivity index (χ4n) is 4.93. The first kappa shape index (κ1) is 22.9. The number of anilines is 1. The molecule has 1 fully saturated rings. The average molecular weight is 473 g/mol. The number of rotatable bonds is 6. The van der Waals surface area contributed by atoms with Crippen LogP contribution in [0.4, 0.5) is 5.69 Å². The van der Waals surface area contributed by atoms with Crippen LogP contribution in [0.15, 0.2) is 55.2 Å². The number of H-pyrrole nitrogens is 1. The zero-order valence-electron chi connectivity index (χ0n) is 19.6. The molecule has 35 heavy (non-hydrogen) atoms. The van der Waals surface area contributed by atoms with Gasteiger partial charge in [-0.3, -0.25) is 9.78 Å². The predicted octanol–water partition coefficient (Wildman–Crippen LogP) is 4.22. The molecule has 0 radical (unpaired) electrons. The van der Waals surface area contributed by atoms with Crippen molar-refractivity contribution in [2.75, 3.05) is 12.4 Å². The molecule has 3 N–H and O–H groups in total. The maximum absolute atomic E-state index is 13.6. The Kier molecular flexibility index (Phi) is 6.41. The molecule has 0 bridgehead atoms. The number of benzene rings is 1. The van der Waals surface area contributed by atoms with Crippen molar-refractivity contribution in [2.45, 2.75) is 44.1 Å². The van der Waals surface area contributed by atoms with Crippen molar-refractivity contribution in [3.8, 4) is 16.9 Å². The van der Waals surface area contributed by atoms with Crippen LogP contribution < -0.4 is 10.1 Å². The van der Waals surface area contributed by atoms with Gasteiger partial charge in [0.2, 0.25) is 5.60 Å². The zero-order valence-corrected chi connectivity index (χ0v) is 19.6. The van der Waals surface area contributed by atoms with E-state index in [9.17, 15) is 9.90 Å². The van der Waals surface area contributed by atoms with Crippen LogP contribution in [0.2, 0.25) is 0 Å². The molecule has 0 aliphatic heterocycles. The Morgan fingerprint density at radius 1 is 1.14 bits per heavy atom. The molecule has 0 saturated heterocycles. The quantitative estimate of drug-likeness (QED) is 0.359. The molecule has 0 spiro atoms. The van der Waals surface area contributed by atoms with Gasteiger partial charge in [-0.25, -0.2) is 4.98 Å². The van der Waals surface area contributed by atoms with Crippen LogP contribution >= 0.6 is 0 Å². The molecule has 5 rings (SSSR count). The van der Waals surface area contributed by atoms with Crippen molar-refractivity contribution in [1.29, 1.82) is 0 Å².